The highest BCUT2D eigenvalue weighted by molar-refractivity contribution is 7.89. The molecule has 6 nitrogen and oxygen atoms in total. The Morgan fingerprint density at radius 3 is 2.32 bits per heavy atom. The molecule has 0 aromatic heterocycles. The Morgan fingerprint density at radius 1 is 1.00 bits per heavy atom. The van der Waals surface area contributed by atoms with Crippen LogP contribution in [0.4, 0.5) is 0 Å². The van der Waals surface area contributed by atoms with Gasteiger partial charge in [0.05, 0.1) is 24.1 Å². The average Bonchev–Trinajstić information content (AvgIpc) is 2.73. The molecule has 1 heterocycles. The summed E-state index contributed by atoms with van der Waals surface area (Å²) in [4.78, 5) is 2.47. The SMILES string of the molecule is COc1cccc(C(C)N2CCN(S(=O)(=O)c3ccc(OC)c(Cl)c3)CC2)c1. The molecule has 0 N–H and O–H groups in total. The van der Waals surface area contributed by atoms with Crippen molar-refractivity contribution >= 4 is 21.6 Å². The largest absolute Gasteiger partial charge is 0.497 e. The number of halogens is 1. The molecule has 0 radical (unpaired) electrons. The predicted molar refractivity (Wildman–Crippen MR) is 110 cm³/mol. The van der Waals surface area contributed by atoms with Gasteiger partial charge in [-0.3, -0.25) is 4.90 Å². The van der Waals surface area contributed by atoms with Gasteiger partial charge in [-0.1, -0.05) is 23.7 Å². The summed E-state index contributed by atoms with van der Waals surface area (Å²) in [5, 5.41) is 0.286. The molecule has 1 fully saturated rings. The molecule has 152 valence electrons. The van der Waals surface area contributed by atoms with Crippen molar-refractivity contribution in [2.24, 2.45) is 0 Å². The number of hydrogen-bond acceptors (Lipinski definition) is 5. The molecule has 1 atom stereocenters. The first kappa shape index (κ1) is 20.9. The van der Waals surface area contributed by atoms with Crippen molar-refractivity contribution in [3.05, 3.63) is 53.1 Å². The first-order valence-corrected chi connectivity index (χ1v) is 10.9. The number of sulfonamides is 1. The molecule has 2 aromatic rings. The van der Waals surface area contributed by atoms with Crippen LogP contribution < -0.4 is 9.47 Å². The van der Waals surface area contributed by atoms with Crippen LogP contribution in [0, 0.1) is 0 Å². The van der Waals surface area contributed by atoms with Crippen LogP contribution in [0.5, 0.6) is 11.5 Å². The first-order chi connectivity index (χ1) is 13.4. The number of rotatable bonds is 6. The number of piperazine rings is 1. The minimum atomic E-state index is -3.59. The molecule has 1 aliphatic heterocycles. The van der Waals surface area contributed by atoms with Gasteiger partial charge < -0.3 is 9.47 Å². The highest BCUT2D eigenvalue weighted by Crippen LogP contribution is 2.30. The Balaban J connectivity index is 1.69. The van der Waals surface area contributed by atoms with Gasteiger partial charge in [-0.05, 0) is 42.8 Å². The van der Waals surface area contributed by atoms with Crippen molar-refractivity contribution in [3.8, 4) is 11.5 Å². The monoisotopic (exact) mass is 424 g/mol. The fourth-order valence-electron chi connectivity index (χ4n) is 3.40. The van der Waals surface area contributed by atoms with E-state index in [9.17, 15) is 8.42 Å². The molecule has 0 aliphatic carbocycles. The van der Waals surface area contributed by atoms with Gasteiger partial charge in [0.1, 0.15) is 11.5 Å². The second kappa shape index (κ2) is 8.69. The zero-order chi connectivity index (χ0) is 20.3. The standard InChI is InChI=1S/C20H25ClN2O4S/c1-15(16-5-4-6-17(13-16)26-2)22-9-11-23(12-10-22)28(24,25)18-7-8-20(27-3)19(21)14-18/h4-8,13-15H,9-12H2,1-3H3. The van der Waals surface area contributed by atoms with E-state index in [-0.39, 0.29) is 16.0 Å². The normalized spacial score (nSPS) is 17.3. The van der Waals surface area contributed by atoms with Crippen molar-refractivity contribution < 1.29 is 17.9 Å². The van der Waals surface area contributed by atoms with Crippen LogP contribution >= 0.6 is 11.6 Å². The van der Waals surface area contributed by atoms with Gasteiger partial charge in [0.25, 0.3) is 0 Å². The third-order valence-corrected chi connectivity index (χ3v) is 7.35. The minimum Gasteiger partial charge on any atom is -0.497 e. The molecule has 0 amide bonds. The van der Waals surface area contributed by atoms with Crippen molar-refractivity contribution in [1.82, 2.24) is 9.21 Å². The molecule has 0 saturated carbocycles. The highest BCUT2D eigenvalue weighted by atomic mass is 35.5. The molecule has 2 aromatic carbocycles. The predicted octanol–water partition coefficient (Wildman–Crippen LogP) is 3.42. The quantitative estimate of drug-likeness (QED) is 0.711. The second-order valence-corrected chi connectivity index (χ2v) is 9.03. The Bertz CT molecular complexity index is 928. The van der Waals surface area contributed by atoms with Crippen LogP contribution in [0.15, 0.2) is 47.4 Å². The van der Waals surface area contributed by atoms with E-state index in [4.69, 9.17) is 21.1 Å². The number of ether oxygens (including phenoxy) is 2. The topological polar surface area (TPSA) is 59.1 Å². The van der Waals surface area contributed by atoms with E-state index in [0.29, 0.717) is 31.9 Å². The van der Waals surface area contributed by atoms with Crippen LogP contribution in [0.25, 0.3) is 0 Å². The fourth-order valence-corrected chi connectivity index (χ4v) is 5.17. The smallest absolute Gasteiger partial charge is 0.243 e. The maximum Gasteiger partial charge on any atom is 0.243 e. The van der Waals surface area contributed by atoms with Crippen LogP contribution in [-0.4, -0.2) is 58.0 Å². The van der Waals surface area contributed by atoms with E-state index in [1.807, 2.05) is 18.2 Å². The number of benzene rings is 2. The van der Waals surface area contributed by atoms with Gasteiger partial charge in [-0.25, -0.2) is 8.42 Å². The highest BCUT2D eigenvalue weighted by Gasteiger charge is 2.30. The molecule has 1 saturated heterocycles. The number of methoxy groups -OCH3 is 2. The van der Waals surface area contributed by atoms with Crippen LogP contribution in [0.3, 0.4) is 0 Å². The van der Waals surface area contributed by atoms with Crippen molar-refractivity contribution in [3.63, 3.8) is 0 Å². The molecular weight excluding hydrogens is 400 g/mol. The lowest BCUT2D eigenvalue weighted by Crippen LogP contribution is -2.49. The van der Waals surface area contributed by atoms with Gasteiger partial charge in [0.2, 0.25) is 10.0 Å². The lowest BCUT2D eigenvalue weighted by atomic mass is 10.1. The molecule has 3 rings (SSSR count). The first-order valence-electron chi connectivity index (χ1n) is 9.08. The van der Waals surface area contributed by atoms with Crippen LogP contribution in [0.1, 0.15) is 18.5 Å². The number of nitrogens with zero attached hydrogens (tertiary/aromatic N) is 2. The van der Waals surface area contributed by atoms with Crippen LogP contribution in [0.2, 0.25) is 5.02 Å². The molecular formula is C20H25ClN2O4S. The summed E-state index contributed by atoms with van der Waals surface area (Å²) >= 11 is 6.11. The summed E-state index contributed by atoms with van der Waals surface area (Å²) in [5.74, 6) is 1.28. The maximum absolute atomic E-state index is 13.0. The molecule has 28 heavy (non-hydrogen) atoms. The zero-order valence-corrected chi connectivity index (χ0v) is 17.8. The zero-order valence-electron chi connectivity index (χ0n) is 16.3. The average molecular weight is 425 g/mol. The van der Waals surface area contributed by atoms with Gasteiger partial charge in [-0.2, -0.15) is 4.31 Å². The van der Waals surface area contributed by atoms with Crippen molar-refractivity contribution in [2.45, 2.75) is 17.9 Å². The molecule has 8 heteroatoms. The van der Waals surface area contributed by atoms with E-state index in [0.717, 1.165) is 11.3 Å². The Morgan fingerprint density at radius 2 is 1.71 bits per heavy atom. The lowest BCUT2D eigenvalue weighted by Gasteiger charge is -2.37. The van der Waals surface area contributed by atoms with E-state index in [1.54, 1.807) is 13.2 Å². The molecule has 1 unspecified atom stereocenters. The minimum absolute atomic E-state index is 0.176. The Hall–Kier alpha value is -1.80. The summed E-state index contributed by atoms with van der Waals surface area (Å²) in [5.41, 5.74) is 1.15. The molecule has 0 bridgehead atoms. The number of hydrogen-bond donors (Lipinski definition) is 0. The van der Waals surface area contributed by atoms with Gasteiger partial charge in [0, 0.05) is 32.2 Å². The van der Waals surface area contributed by atoms with Crippen molar-refractivity contribution in [2.75, 3.05) is 40.4 Å². The van der Waals surface area contributed by atoms with E-state index in [1.165, 1.54) is 23.5 Å². The van der Waals surface area contributed by atoms with E-state index in [2.05, 4.69) is 17.9 Å². The lowest BCUT2D eigenvalue weighted by molar-refractivity contribution is 0.145. The Kier molecular flexibility index (Phi) is 6.50. The molecule has 1 aliphatic rings. The second-order valence-electron chi connectivity index (χ2n) is 6.69. The summed E-state index contributed by atoms with van der Waals surface area (Å²) in [6.45, 7) is 4.30. The van der Waals surface area contributed by atoms with Gasteiger partial charge >= 0.3 is 0 Å². The maximum atomic E-state index is 13.0. The molecule has 0 spiro atoms. The van der Waals surface area contributed by atoms with E-state index < -0.39 is 10.0 Å². The fraction of sp³-hybridized carbons (Fsp3) is 0.400. The summed E-state index contributed by atoms with van der Waals surface area (Å²) in [6, 6.07) is 12.7. The summed E-state index contributed by atoms with van der Waals surface area (Å²) in [6.07, 6.45) is 0. The third-order valence-electron chi connectivity index (χ3n) is 5.16. The van der Waals surface area contributed by atoms with Crippen molar-refractivity contribution in [1.29, 1.82) is 0 Å². The van der Waals surface area contributed by atoms with E-state index >= 15 is 0 Å². The Labute approximate surface area is 171 Å². The summed E-state index contributed by atoms with van der Waals surface area (Å²) < 4.78 is 37.8. The summed E-state index contributed by atoms with van der Waals surface area (Å²) in [7, 11) is -0.438. The van der Waals surface area contributed by atoms with Crippen LogP contribution in [-0.2, 0) is 10.0 Å². The third kappa shape index (κ3) is 4.27. The van der Waals surface area contributed by atoms with Gasteiger partial charge in [0.15, 0.2) is 0 Å². The van der Waals surface area contributed by atoms with Gasteiger partial charge in [-0.15, -0.1) is 0 Å².